The average Bonchev–Trinajstić information content (AvgIpc) is 2.92. The van der Waals surface area contributed by atoms with Gasteiger partial charge in [-0.3, -0.25) is 14.2 Å². The van der Waals surface area contributed by atoms with Crippen LogP contribution in [-0.2, 0) is 17.6 Å². The summed E-state index contributed by atoms with van der Waals surface area (Å²) < 4.78 is 1.51. The van der Waals surface area contributed by atoms with Crippen LogP contribution in [0.4, 0.5) is 0 Å². The summed E-state index contributed by atoms with van der Waals surface area (Å²) in [4.78, 5) is 31.0. The number of amides is 1. The number of nitrogens with zero attached hydrogens (tertiary/aromatic N) is 3. The molecule has 5 rings (SSSR count). The predicted molar refractivity (Wildman–Crippen MR) is 142 cm³/mol. The van der Waals surface area contributed by atoms with Gasteiger partial charge in [-0.15, -0.1) is 0 Å². The maximum Gasteiger partial charge on any atom is 0.266 e. The molecule has 1 aliphatic rings. The molecule has 0 aliphatic heterocycles. The lowest BCUT2D eigenvalue weighted by atomic mass is 9.89. The number of rotatable bonds is 6. The molecule has 0 spiro atoms. The highest BCUT2D eigenvalue weighted by molar-refractivity contribution is 7.99. The number of benzene rings is 3. The van der Waals surface area contributed by atoms with E-state index in [-0.39, 0.29) is 23.3 Å². The Morgan fingerprint density at radius 2 is 1.83 bits per heavy atom. The number of para-hydroxylation sites is 1. The summed E-state index contributed by atoms with van der Waals surface area (Å²) in [6.45, 7) is 1.99. The Morgan fingerprint density at radius 3 is 2.61 bits per heavy atom. The first-order chi connectivity index (χ1) is 17.5. The third kappa shape index (κ3) is 4.91. The van der Waals surface area contributed by atoms with E-state index in [1.807, 2.05) is 13.0 Å². The van der Waals surface area contributed by atoms with Crippen LogP contribution in [0.3, 0.4) is 0 Å². The van der Waals surface area contributed by atoms with E-state index >= 15 is 0 Å². The van der Waals surface area contributed by atoms with Crippen molar-refractivity contribution in [2.24, 2.45) is 0 Å². The Bertz CT molecular complexity index is 1540. The third-order valence-electron chi connectivity index (χ3n) is 6.58. The second-order valence-electron chi connectivity index (χ2n) is 9.02. The number of hydrogen-bond acceptors (Lipinski definition) is 5. The van der Waals surface area contributed by atoms with E-state index in [0.29, 0.717) is 27.3 Å². The van der Waals surface area contributed by atoms with E-state index < -0.39 is 0 Å². The summed E-state index contributed by atoms with van der Waals surface area (Å²) in [5.74, 6) is -0.00455. The van der Waals surface area contributed by atoms with Gasteiger partial charge in [-0.2, -0.15) is 5.26 Å². The molecule has 1 N–H and O–H groups in total. The minimum absolute atomic E-state index is 0.115. The van der Waals surface area contributed by atoms with E-state index in [2.05, 4.69) is 29.6 Å². The molecule has 3 aromatic carbocycles. The van der Waals surface area contributed by atoms with Crippen molar-refractivity contribution in [1.82, 2.24) is 14.9 Å². The van der Waals surface area contributed by atoms with E-state index in [1.54, 1.807) is 42.5 Å². The third-order valence-corrected chi connectivity index (χ3v) is 7.52. The van der Waals surface area contributed by atoms with E-state index in [1.165, 1.54) is 40.3 Å². The zero-order valence-electron chi connectivity index (χ0n) is 20.0. The first-order valence-electron chi connectivity index (χ1n) is 12.1. The van der Waals surface area contributed by atoms with Crippen LogP contribution < -0.4 is 10.9 Å². The molecule has 1 amide bonds. The number of hydrogen-bond donors (Lipinski definition) is 1. The first-order valence-corrected chi connectivity index (χ1v) is 13.1. The van der Waals surface area contributed by atoms with Crippen molar-refractivity contribution in [1.29, 1.82) is 5.26 Å². The fourth-order valence-electron chi connectivity index (χ4n) is 4.64. The lowest BCUT2D eigenvalue weighted by molar-refractivity contribution is -0.119. The zero-order chi connectivity index (χ0) is 25.1. The van der Waals surface area contributed by atoms with E-state index in [9.17, 15) is 9.59 Å². The maximum absolute atomic E-state index is 13.4. The van der Waals surface area contributed by atoms with Crippen molar-refractivity contribution in [2.75, 3.05) is 5.75 Å². The molecule has 0 fully saturated rings. The van der Waals surface area contributed by atoms with Gasteiger partial charge in [-0.1, -0.05) is 42.1 Å². The fourth-order valence-corrected chi connectivity index (χ4v) is 5.47. The molecular weight excluding hydrogens is 468 g/mol. The molecule has 1 aliphatic carbocycles. The summed E-state index contributed by atoms with van der Waals surface area (Å²) in [5.41, 5.74) is 5.39. The van der Waals surface area contributed by atoms with E-state index in [0.717, 1.165) is 18.4 Å². The topological polar surface area (TPSA) is 87.8 Å². The number of nitriles is 1. The summed E-state index contributed by atoms with van der Waals surface area (Å²) in [5, 5.41) is 13.1. The summed E-state index contributed by atoms with van der Waals surface area (Å²) in [7, 11) is 0. The largest absolute Gasteiger partial charge is 0.349 e. The van der Waals surface area contributed by atoms with E-state index in [4.69, 9.17) is 10.2 Å². The fraction of sp³-hybridized carbons (Fsp3) is 0.241. The van der Waals surface area contributed by atoms with Crippen LogP contribution in [0, 0.1) is 11.3 Å². The standard InChI is InChI=1S/C29H26N4O2S/c1-19(22-13-12-21-6-2-3-7-23(21)16-22)31-27(34)18-36-29-32-26-9-5-4-8-25(26)28(35)33(29)24-14-10-20(17-30)11-15-24/h4-5,8-16,19H,2-3,6-7,18H2,1H3,(H,31,34)/t19-/m0/s1. The first kappa shape index (κ1) is 23.8. The van der Waals surface area contributed by atoms with Crippen molar-refractivity contribution in [2.45, 2.75) is 43.8 Å². The molecule has 0 bridgehead atoms. The number of thioether (sulfide) groups is 1. The number of aromatic nitrogens is 2. The van der Waals surface area contributed by atoms with Crippen LogP contribution in [0.15, 0.2) is 76.7 Å². The number of fused-ring (bicyclic) bond motifs is 2. The normalized spacial score (nSPS) is 13.6. The smallest absolute Gasteiger partial charge is 0.266 e. The summed E-state index contributed by atoms with van der Waals surface area (Å²) in [6.07, 6.45) is 4.69. The van der Waals surface area contributed by atoms with Crippen molar-refractivity contribution in [3.63, 3.8) is 0 Å². The van der Waals surface area contributed by atoms with Gasteiger partial charge in [-0.25, -0.2) is 4.98 Å². The molecule has 1 aromatic heterocycles. The van der Waals surface area contributed by atoms with Gasteiger partial charge >= 0.3 is 0 Å². The molecule has 0 radical (unpaired) electrons. The number of carbonyl (C=O) groups is 1. The van der Waals surface area contributed by atoms with Crippen molar-refractivity contribution >= 4 is 28.6 Å². The minimum atomic E-state index is -0.212. The monoisotopic (exact) mass is 494 g/mol. The van der Waals surface area contributed by atoms with Crippen LogP contribution in [0.25, 0.3) is 16.6 Å². The highest BCUT2D eigenvalue weighted by Gasteiger charge is 2.17. The van der Waals surface area contributed by atoms with Gasteiger partial charge in [0, 0.05) is 0 Å². The molecular formula is C29H26N4O2S. The highest BCUT2D eigenvalue weighted by atomic mass is 32.2. The summed E-state index contributed by atoms with van der Waals surface area (Å²) >= 11 is 1.22. The molecule has 1 atom stereocenters. The molecule has 4 aromatic rings. The van der Waals surface area contributed by atoms with Crippen LogP contribution in [-0.4, -0.2) is 21.2 Å². The van der Waals surface area contributed by atoms with Gasteiger partial charge in [0.2, 0.25) is 5.91 Å². The zero-order valence-corrected chi connectivity index (χ0v) is 20.8. The highest BCUT2D eigenvalue weighted by Crippen LogP contribution is 2.25. The van der Waals surface area contributed by atoms with Crippen LogP contribution >= 0.6 is 11.8 Å². The number of nitrogens with one attached hydrogen (secondary N) is 1. The van der Waals surface area contributed by atoms with Crippen LogP contribution in [0.5, 0.6) is 0 Å². The van der Waals surface area contributed by atoms with Gasteiger partial charge in [0.1, 0.15) is 0 Å². The number of carbonyl (C=O) groups excluding carboxylic acids is 1. The second kappa shape index (κ2) is 10.4. The van der Waals surface area contributed by atoms with Gasteiger partial charge in [0.05, 0.1) is 40.0 Å². The lowest BCUT2D eigenvalue weighted by Gasteiger charge is -2.20. The molecule has 0 saturated carbocycles. The minimum Gasteiger partial charge on any atom is -0.349 e. The van der Waals surface area contributed by atoms with Gasteiger partial charge in [0.15, 0.2) is 5.16 Å². The Morgan fingerprint density at radius 1 is 1.08 bits per heavy atom. The Labute approximate surface area is 214 Å². The Hall–Kier alpha value is -3.89. The molecule has 1 heterocycles. The van der Waals surface area contributed by atoms with Gasteiger partial charge in [-0.05, 0) is 85.7 Å². The maximum atomic E-state index is 13.4. The predicted octanol–water partition coefficient (Wildman–Crippen LogP) is 5.11. The second-order valence-corrected chi connectivity index (χ2v) is 9.97. The van der Waals surface area contributed by atoms with Crippen molar-refractivity contribution < 1.29 is 4.79 Å². The van der Waals surface area contributed by atoms with Crippen molar-refractivity contribution in [3.8, 4) is 11.8 Å². The van der Waals surface area contributed by atoms with Crippen LogP contribution in [0.2, 0.25) is 0 Å². The Kier molecular flexibility index (Phi) is 6.88. The quantitative estimate of drug-likeness (QED) is 0.297. The Balaban J connectivity index is 1.37. The molecule has 0 unspecified atom stereocenters. The number of aryl methyl sites for hydroxylation is 2. The molecule has 36 heavy (non-hydrogen) atoms. The van der Waals surface area contributed by atoms with Gasteiger partial charge < -0.3 is 5.32 Å². The average molecular weight is 495 g/mol. The van der Waals surface area contributed by atoms with Crippen LogP contribution in [0.1, 0.15) is 48.1 Å². The molecule has 6 nitrogen and oxygen atoms in total. The molecule has 7 heteroatoms. The lowest BCUT2D eigenvalue weighted by Crippen LogP contribution is -2.29. The molecule has 0 saturated heterocycles. The van der Waals surface area contributed by atoms with Crippen molar-refractivity contribution in [3.05, 3.63) is 99.3 Å². The van der Waals surface area contributed by atoms with Gasteiger partial charge in [0.25, 0.3) is 5.56 Å². The molecule has 180 valence electrons. The SMILES string of the molecule is C[C@H](NC(=O)CSc1nc2ccccc2c(=O)n1-c1ccc(C#N)cc1)c1ccc2c(c1)CCCC2. The summed E-state index contributed by atoms with van der Waals surface area (Å²) in [6, 6.07) is 22.4.